The van der Waals surface area contributed by atoms with Crippen LogP contribution in [0.2, 0.25) is 0 Å². The third-order valence-electron chi connectivity index (χ3n) is 6.61. The molecule has 0 aromatic heterocycles. The Morgan fingerprint density at radius 1 is 1.07 bits per heavy atom. The van der Waals surface area contributed by atoms with Crippen LogP contribution < -0.4 is 9.47 Å². The first-order chi connectivity index (χ1) is 14.5. The van der Waals surface area contributed by atoms with Crippen LogP contribution in [0.15, 0.2) is 36.4 Å². The predicted molar refractivity (Wildman–Crippen MR) is 120 cm³/mol. The Bertz CT molecular complexity index is 901. The van der Waals surface area contributed by atoms with Gasteiger partial charge in [-0.05, 0) is 86.9 Å². The summed E-state index contributed by atoms with van der Waals surface area (Å²) >= 11 is 0. The van der Waals surface area contributed by atoms with Crippen molar-refractivity contribution in [3.8, 4) is 22.6 Å². The summed E-state index contributed by atoms with van der Waals surface area (Å²) in [6.07, 6.45) is 6.04. The van der Waals surface area contributed by atoms with Crippen molar-refractivity contribution in [2.24, 2.45) is 5.92 Å². The fourth-order valence-corrected chi connectivity index (χ4v) is 4.84. The highest BCUT2D eigenvalue weighted by Gasteiger charge is 2.25. The minimum Gasteiger partial charge on any atom is -0.493 e. The first kappa shape index (κ1) is 20.9. The average Bonchev–Trinajstić information content (AvgIpc) is 3.40. The van der Waals surface area contributed by atoms with Gasteiger partial charge >= 0.3 is 0 Å². The SMILES string of the molecule is COc1ccc(-c2ccc(CN3CCC(C(C)=O)C3)cc2C)cc1OC1CCCC1. The number of nitrogens with zero attached hydrogens (tertiary/aromatic N) is 1. The zero-order chi connectivity index (χ0) is 21.1. The summed E-state index contributed by atoms with van der Waals surface area (Å²) in [5.41, 5.74) is 4.94. The van der Waals surface area contributed by atoms with E-state index < -0.39 is 0 Å². The summed E-state index contributed by atoms with van der Waals surface area (Å²) in [6.45, 7) is 6.68. The smallest absolute Gasteiger partial charge is 0.162 e. The van der Waals surface area contributed by atoms with Crippen molar-refractivity contribution < 1.29 is 14.3 Å². The summed E-state index contributed by atoms with van der Waals surface area (Å²) in [6, 6.07) is 12.9. The van der Waals surface area contributed by atoms with Gasteiger partial charge in [-0.3, -0.25) is 9.69 Å². The van der Waals surface area contributed by atoms with E-state index in [9.17, 15) is 4.79 Å². The van der Waals surface area contributed by atoms with E-state index in [0.717, 1.165) is 56.0 Å². The monoisotopic (exact) mass is 407 g/mol. The van der Waals surface area contributed by atoms with Crippen LogP contribution in [0.5, 0.6) is 11.5 Å². The van der Waals surface area contributed by atoms with Crippen molar-refractivity contribution in [3.05, 3.63) is 47.5 Å². The highest BCUT2D eigenvalue weighted by molar-refractivity contribution is 5.78. The summed E-state index contributed by atoms with van der Waals surface area (Å²) in [5.74, 6) is 2.17. The Morgan fingerprint density at radius 3 is 2.53 bits per heavy atom. The third kappa shape index (κ3) is 4.70. The van der Waals surface area contributed by atoms with Crippen LogP contribution in [0.3, 0.4) is 0 Å². The number of aryl methyl sites for hydroxylation is 1. The minimum absolute atomic E-state index is 0.211. The number of benzene rings is 2. The number of hydrogen-bond donors (Lipinski definition) is 0. The molecule has 0 amide bonds. The maximum Gasteiger partial charge on any atom is 0.162 e. The lowest BCUT2D eigenvalue weighted by Crippen LogP contribution is -2.22. The second kappa shape index (κ2) is 9.22. The normalized spacial score (nSPS) is 19.9. The molecule has 30 heavy (non-hydrogen) atoms. The zero-order valence-electron chi connectivity index (χ0n) is 18.4. The topological polar surface area (TPSA) is 38.8 Å². The maximum absolute atomic E-state index is 11.6. The van der Waals surface area contributed by atoms with Gasteiger partial charge in [-0.25, -0.2) is 0 Å². The maximum atomic E-state index is 11.6. The van der Waals surface area contributed by atoms with E-state index in [-0.39, 0.29) is 5.92 Å². The summed E-state index contributed by atoms with van der Waals surface area (Å²) in [5, 5.41) is 0. The number of ketones is 1. The van der Waals surface area contributed by atoms with Gasteiger partial charge in [-0.15, -0.1) is 0 Å². The molecule has 1 atom stereocenters. The molecule has 0 bridgehead atoms. The largest absolute Gasteiger partial charge is 0.493 e. The quantitative estimate of drug-likeness (QED) is 0.616. The van der Waals surface area contributed by atoms with Crippen molar-refractivity contribution in [1.29, 1.82) is 0 Å². The van der Waals surface area contributed by atoms with E-state index in [2.05, 4.69) is 42.2 Å². The second-order valence-electron chi connectivity index (χ2n) is 8.87. The van der Waals surface area contributed by atoms with Crippen LogP contribution in [-0.2, 0) is 11.3 Å². The molecule has 4 nitrogen and oxygen atoms in total. The molecule has 2 aliphatic rings. The van der Waals surface area contributed by atoms with Crippen LogP contribution in [0.25, 0.3) is 11.1 Å². The summed E-state index contributed by atoms with van der Waals surface area (Å²) in [7, 11) is 1.70. The predicted octanol–water partition coefficient (Wildman–Crippen LogP) is 5.40. The molecule has 160 valence electrons. The molecular weight excluding hydrogens is 374 g/mol. The summed E-state index contributed by atoms with van der Waals surface area (Å²) < 4.78 is 11.8. The third-order valence-corrected chi connectivity index (χ3v) is 6.61. The molecule has 0 spiro atoms. The molecular formula is C26H33NO3. The van der Waals surface area contributed by atoms with Gasteiger partial charge in [0.05, 0.1) is 13.2 Å². The number of methoxy groups -OCH3 is 1. The van der Waals surface area contributed by atoms with E-state index in [1.165, 1.54) is 29.5 Å². The Labute approximate surface area is 180 Å². The molecule has 1 aliphatic heterocycles. The lowest BCUT2D eigenvalue weighted by atomic mass is 9.98. The highest BCUT2D eigenvalue weighted by atomic mass is 16.5. The van der Waals surface area contributed by atoms with Crippen molar-refractivity contribution >= 4 is 5.78 Å². The molecule has 2 aromatic carbocycles. The van der Waals surface area contributed by atoms with Gasteiger partial charge in [0.2, 0.25) is 0 Å². The van der Waals surface area contributed by atoms with Crippen LogP contribution in [0.4, 0.5) is 0 Å². The number of Topliss-reactive ketones (excluding diaryl/α,β-unsaturated/α-hetero) is 1. The van der Waals surface area contributed by atoms with E-state index >= 15 is 0 Å². The number of carbonyl (C=O) groups is 1. The molecule has 0 N–H and O–H groups in total. The van der Waals surface area contributed by atoms with Crippen LogP contribution in [-0.4, -0.2) is 37.0 Å². The zero-order valence-corrected chi connectivity index (χ0v) is 18.4. The number of hydrogen-bond acceptors (Lipinski definition) is 4. The first-order valence-electron chi connectivity index (χ1n) is 11.2. The molecule has 1 heterocycles. The van der Waals surface area contributed by atoms with Gasteiger partial charge in [0.1, 0.15) is 5.78 Å². The van der Waals surface area contributed by atoms with Crippen molar-refractivity contribution in [1.82, 2.24) is 4.90 Å². The Hall–Kier alpha value is -2.33. The Morgan fingerprint density at radius 2 is 1.87 bits per heavy atom. The average molecular weight is 408 g/mol. The Balaban J connectivity index is 1.50. The van der Waals surface area contributed by atoms with Crippen LogP contribution in [0, 0.1) is 12.8 Å². The van der Waals surface area contributed by atoms with Crippen molar-refractivity contribution in [3.63, 3.8) is 0 Å². The van der Waals surface area contributed by atoms with E-state index in [0.29, 0.717) is 11.9 Å². The van der Waals surface area contributed by atoms with Crippen LogP contribution in [0.1, 0.15) is 50.2 Å². The summed E-state index contributed by atoms with van der Waals surface area (Å²) in [4.78, 5) is 14.0. The molecule has 0 radical (unpaired) electrons. The standard InChI is InChI=1S/C26H33NO3/c1-18-14-20(16-27-13-12-22(17-27)19(2)28)8-10-24(18)21-9-11-25(29-3)26(15-21)30-23-6-4-5-7-23/h8-11,14-15,22-23H,4-7,12-13,16-17H2,1-3H3. The van der Waals surface area contributed by atoms with E-state index in [1.54, 1.807) is 14.0 Å². The molecule has 1 saturated carbocycles. The van der Waals surface area contributed by atoms with Crippen LogP contribution >= 0.6 is 0 Å². The molecule has 1 saturated heterocycles. The lowest BCUT2D eigenvalue weighted by molar-refractivity contribution is -0.120. The molecule has 2 fully saturated rings. The van der Waals surface area contributed by atoms with E-state index in [1.807, 2.05) is 6.07 Å². The van der Waals surface area contributed by atoms with Crippen molar-refractivity contribution in [2.75, 3.05) is 20.2 Å². The molecule has 4 heteroatoms. The number of carbonyl (C=O) groups excluding carboxylic acids is 1. The minimum atomic E-state index is 0.211. The highest BCUT2D eigenvalue weighted by Crippen LogP contribution is 2.36. The van der Waals surface area contributed by atoms with Gasteiger partial charge in [0.15, 0.2) is 11.5 Å². The number of rotatable bonds is 7. The van der Waals surface area contributed by atoms with Gasteiger partial charge in [-0.1, -0.05) is 24.3 Å². The van der Waals surface area contributed by atoms with Gasteiger partial charge < -0.3 is 9.47 Å². The Kier molecular flexibility index (Phi) is 6.43. The molecule has 1 aliphatic carbocycles. The van der Waals surface area contributed by atoms with E-state index in [4.69, 9.17) is 9.47 Å². The fourth-order valence-electron chi connectivity index (χ4n) is 4.84. The first-order valence-corrected chi connectivity index (χ1v) is 11.2. The molecule has 1 unspecified atom stereocenters. The lowest BCUT2D eigenvalue weighted by Gasteiger charge is -2.18. The number of ether oxygens (including phenoxy) is 2. The van der Waals surface area contributed by atoms with Gasteiger partial charge in [0.25, 0.3) is 0 Å². The van der Waals surface area contributed by atoms with Gasteiger partial charge in [-0.2, -0.15) is 0 Å². The fraction of sp³-hybridized carbons (Fsp3) is 0.500. The second-order valence-corrected chi connectivity index (χ2v) is 8.87. The molecule has 4 rings (SSSR count). The molecule has 2 aromatic rings. The van der Waals surface area contributed by atoms with Gasteiger partial charge in [0, 0.05) is 19.0 Å². The van der Waals surface area contributed by atoms with Crippen molar-refractivity contribution in [2.45, 2.75) is 58.6 Å². The number of likely N-dealkylation sites (tertiary alicyclic amines) is 1.